The molecule has 0 spiro atoms. The minimum absolute atomic E-state index is 0.211. The molecule has 1 unspecified atom stereocenters. The van der Waals surface area contributed by atoms with Gasteiger partial charge >= 0.3 is 0 Å². The smallest absolute Gasteiger partial charge is 0.242 e. The zero-order chi connectivity index (χ0) is 11.6. The molecule has 0 radical (unpaired) electrons. The monoisotopic (exact) mass is 225 g/mol. The van der Waals surface area contributed by atoms with Crippen molar-refractivity contribution in [3.05, 3.63) is 12.2 Å². The molecule has 1 saturated heterocycles. The molecule has 16 heavy (non-hydrogen) atoms. The van der Waals surface area contributed by atoms with Gasteiger partial charge in [-0.15, -0.1) is 0 Å². The predicted octanol–water partition coefficient (Wildman–Crippen LogP) is -1.45. The molecule has 7 nitrogen and oxygen atoms in total. The Bertz CT molecular complexity index is 383. The van der Waals surface area contributed by atoms with Gasteiger partial charge in [-0.25, -0.2) is 4.98 Å². The lowest BCUT2D eigenvalue weighted by Gasteiger charge is -2.19. The van der Waals surface area contributed by atoms with Crippen LogP contribution in [0.5, 0.6) is 0 Å². The van der Waals surface area contributed by atoms with Crippen molar-refractivity contribution in [2.45, 2.75) is 18.5 Å². The van der Waals surface area contributed by atoms with Gasteiger partial charge in [0.05, 0.1) is 13.2 Å². The number of rotatable bonds is 3. The van der Waals surface area contributed by atoms with Crippen LogP contribution in [0.1, 0.15) is 12.2 Å². The standard InChI is InChI=1S/C9H15N5O2/c1-14-6-12-7(13-14)4-11-8(15)9(10)2-3-16-5-9/h6H,2-5,10H2,1H3,(H,11,15). The molecule has 1 fully saturated rings. The number of hydrogen-bond donors (Lipinski definition) is 2. The number of hydrogen-bond acceptors (Lipinski definition) is 5. The van der Waals surface area contributed by atoms with Crippen molar-refractivity contribution in [3.63, 3.8) is 0 Å². The Morgan fingerprint density at radius 1 is 1.81 bits per heavy atom. The van der Waals surface area contributed by atoms with E-state index in [9.17, 15) is 4.79 Å². The zero-order valence-electron chi connectivity index (χ0n) is 9.14. The zero-order valence-corrected chi connectivity index (χ0v) is 9.14. The third-order valence-electron chi connectivity index (χ3n) is 2.56. The normalized spacial score (nSPS) is 24.6. The van der Waals surface area contributed by atoms with Crippen LogP contribution in [0.3, 0.4) is 0 Å². The van der Waals surface area contributed by atoms with Crippen LogP contribution < -0.4 is 11.1 Å². The van der Waals surface area contributed by atoms with Crippen molar-refractivity contribution in [2.24, 2.45) is 12.8 Å². The molecule has 0 saturated carbocycles. The van der Waals surface area contributed by atoms with Crippen molar-refractivity contribution in [1.29, 1.82) is 0 Å². The van der Waals surface area contributed by atoms with E-state index in [-0.39, 0.29) is 12.5 Å². The molecule has 1 aliphatic heterocycles. The summed E-state index contributed by atoms with van der Waals surface area (Å²) in [7, 11) is 1.77. The minimum Gasteiger partial charge on any atom is -0.379 e. The van der Waals surface area contributed by atoms with Gasteiger partial charge in [0.15, 0.2) is 5.82 Å². The van der Waals surface area contributed by atoms with Gasteiger partial charge in [0, 0.05) is 13.7 Å². The Hall–Kier alpha value is -1.47. The van der Waals surface area contributed by atoms with Crippen molar-refractivity contribution in [1.82, 2.24) is 20.1 Å². The molecule has 1 atom stereocenters. The lowest BCUT2D eigenvalue weighted by Crippen LogP contribution is -2.54. The highest BCUT2D eigenvalue weighted by atomic mass is 16.5. The number of amides is 1. The molecule has 1 aliphatic rings. The Balaban J connectivity index is 1.88. The average Bonchev–Trinajstić information content (AvgIpc) is 2.85. The fourth-order valence-corrected chi connectivity index (χ4v) is 1.56. The largest absolute Gasteiger partial charge is 0.379 e. The first-order chi connectivity index (χ1) is 7.60. The van der Waals surface area contributed by atoms with E-state index in [0.29, 0.717) is 25.4 Å². The first kappa shape index (κ1) is 11.0. The summed E-state index contributed by atoms with van der Waals surface area (Å²) in [6.07, 6.45) is 2.13. The van der Waals surface area contributed by atoms with Crippen LogP contribution in [0.25, 0.3) is 0 Å². The lowest BCUT2D eigenvalue weighted by atomic mass is 9.99. The number of nitrogens with two attached hydrogens (primary N) is 1. The number of aromatic nitrogens is 3. The molecular weight excluding hydrogens is 210 g/mol. The molecule has 1 aromatic heterocycles. The van der Waals surface area contributed by atoms with Gasteiger partial charge in [-0.3, -0.25) is 9.48 Å². The summed E-state index contributed by atoms with van der Waals surface area (Å²) in [5, 5.41) is 6.76. The highest BCUT2D eigenvalue weighted by molar-refractivity contribution is 5.86. The van der Waals surface area contributed by atoms with Gasteiger partial charge in [0.25, 0.3) is 0 Å². The van der Waals surface area contributed by atoms with Crippen molar-refractivity contribution in [3.8, 4) is 0 Å². The summed E-state index contributed by atoms with van der Waals surface area (Å²) in [5.74, 6) is 0.357. The first-order valence-electron chi connectivity index (χ1n) is 5.10. The van der Waals surface area contributed by atoms with Crippen LogP contribution in [-0.4, -0.2) is 39.4 Å². The maximum atomic E-state index is 11.8. The Morgan fingerprint density at radius 2 is 2.62 bits per heavy atom. The minimum atomic E-state index is -0.894. The van der Waals surface area contributed by atoms with Crippen LogP contribution in [0.15, 0.2) is 6.33 Å². The van der Waals surface area contributed by atoms with E-state index in [0.717, 1.165) is 0 Å². The Labute approximate surface area is 93.0 Å². The molecule has 2 heterocycles. The Morgan fingerprint density at radius 3 is 3.19 bits per heavy atom. The average molecular weight is 225 g/mol. The first-order valence-corrected chi connectivity index (χ1v) is 5.10. The van der Waals surface area contributed by atoms with Gasteiger partial charge in [-0.2, -0.15) is 5.10 Å². The quantitative estimate of drug-likeness (QED) is 0.656. The molecular formula is C9H15N5O2. The van der Waals surface area contributed by atoms with Crippen LogP contribution in [0, 0.1) is 0 Å². The molecule has 7 heteroatoms. The summed E-state index contributed by atoms with van der Waals surface area (Å²) < 4.78 is 6.70. The van der Waals surface area contributed by atoms with Gasteiger partial charge in [-0.1, -0.05) is 0 Å². The van der Waals surface area contributed by atoms with E-state index in [2.05, 4.69) is 15.4 Å². The van der Waals surface area contributed by atoms with Crippen molar-refractivity contribution in [2.75, 3.05) is 13.2 Å². The number of carbonyl (C=O) groups excluding carboxylic acids is 1. The van der Waals surface area contributed by atoms with Gasteiger partial charge in [-0.05, 0) is 6.42 Å². The highest BCUT2D eigenvalue weighted by Gasteiger charge is 2.38. The molecule has 1 amide bonds. The van der Waals surface area contributed by atoms with E-state index in [1.54, 1.807) is 18.1 Å². The van der Waals surface area contributed by atoms with Crippen LogP contribution in [0.2, 0.25) is 0 Å². The maximum Gasteiger partial charge on any atom is 0.242 e. The third kappa shape index (κ3) is 2.20. The summed E-state index contributed by atoms with van der Waals surface area (Å²) in [4.78, 5) is 15.8. The van der Waals surface area contributed by atoms with Gasteiger partial charge in [0.2, 0.25) is 5.91 Å². The predicted molar refractivity (Wildman–Crippen MR) is 55.2 cm³/mol. The second-order valence-corrected chi connectivity index (χ2v) is 3.98. The van der Waals surface area contributed by atoms with E-state index < -0.39 is 5.54 Å². The summed E-state index contributed by atoms with van der Waals surface area (Å²) in [6.45, 7) is 1.10. The van der Waals surface area contributed by atoms with Gasteiger partial charge in [0.1, 0.15) is 11.9 Å². The topological polar surface area (TPSA) is 95.1 Å². The second kappa shape index (κ2) is 4.18. The second-order valence-electron chi connectivity index (χ2n) is 3.98. The van der Waals surface area contributed by atoms with Crippen molar-refractivity contribution < 1.29 is 9.53 Å². The fourth-order valence-electron chi connectivity index (χ4n) is 1.56. The SMILES string of the molecule is Cn1cnc(CNC(=O)C2(N)CCOC2)n1. The number of carbonyl (C=O) groups is 1. The van der Waals surface area contributed by atoms with Crippen LogP contribution >= 0.6 is 0 Å². The number of nitrogens with zero attached hydrogens (tertiary/aromatic N) is 3. The molecule has 0 aromatic carbocycles. The number of ether oxygens (including phenoxy) is 1. The molecule has 3 N–H and O–H groups in total. The maximum absolute atomic E-state index is 11.8. The molecule has 0 aliphatic carbocycles. The third-order valence-corrected chi connectivity index (χ3v) is 2.56. The fraction of sp³-hybridized carbons (Fsp3) is 0.667. The summed E-state index contributed by atoms with van der Waals surface area (Å²) in [5.41, 5.74) is 4.99. The van der Waals surface area contributed by atoms with E-state index >= 15 is 0 Å². The van der Waals surface area contributed by atoms with E-state index in [4.69, 9.17) is 10.5 Å². The van der Waals surface area contributed by atoms with Crippen LogP contribution in [-0.2, 0) is 23.1 Å². The van der Waals surface area contributed by atoms with Crippen LogP contribution in [0.4, 0.5) is 0 Å². The lowest BCUT2D eigenvalue weighted by molar-refractivity contribution is -0.126. The molecule has 88 valence electrons. The Kier molecular flexibility index (Phi) is 2.88. The highest BCUT2D eigenvalue weighted by Crippen LogP contribution is 2.15. The molecule has 2 rings (SSSR count). The molecule has 0 bridgehead atoms. The summed E-state index contributed by atoms with van der Waals surface area (Å²) in [6, 6.07) is 0. The number of nitrogens with one attached hydrogen (secondary N) is 1. The van der Waals surface area contributed by atoms with Gasteiger partial charge < -0.3 is 15.8 Å². The molecule has 1 aromatic rings. The summed E-state index contributed by atoms with van der Waals surface area (Å²) >= 11 is 0. The van der Waals surface area contributed by atoms with E-state index in [1.807, 2.05) is 0 Å². The number of aryl methyl sites for hydroxylation is 1. The van der Waals surface area contributed by atoms with Crippen molar-refractivity contribution >= 4 is 5.91 Å². The van der Waals surface area contributed by atoms with E-state index in [1.165, 1.54) is 0 Å².